The van der Waals surface area contributed by atoms with Gasteiger partial charge in [0.2, 0.25) is 0 Å². The molecule has 0 aliphatic heterocycles. The van der Waals surface area contributed by atoms with Crippen molar-refractivity contribution in [2.45, 2.75) is 0 Å². The van der Waals surface area contributed by atoms with E-state index in [0.717, 1.165) is 10.1 Å². The van der Waals surface area contributed by atoms with Crippen LogP contribution >= 0.6 is 24.2 Å². The second-order valence-electron chi connectivity index (χ2n) is 2.17. The molecular weight excluding hydrogens is 178 g/mol. The van der Waals surface area contributed by atoms with Gasteiger partial charge in [0.15, 0.2) is 0 Å². The first-order chi connectivity index (χ1) is 5.29. The highest BCUT2D eigenvalue weighted by atomic mass is 32.1. The number of fused-ring (bicyclic) bond motifs is 1. The molecule has 2 nitrogen and oxygen atoms in total. The minimum atomic E-state index is -0.0409. The number of pyridine rings is 1. The zero-order chi connectivity index (χ0) is 7.84. The third-order valence-electron chi connectivity index (χ3n) is 1.49. The summed E-state index contributed by atoms with van der Waals surface area (Å²) < 4.78 is 2.06. The highest BCUT2D eigenvalue weighted by molar-refractivity contribution is 7.78. The Kier molecular flexibility index (Phi) is 1.51. The van der Waals surface area contributed by atoms with Crippen LogP contribution in [0.3, 0.4) is 0 Å². The maximum Gasteiger partial charge on any atom is 0.278 e. The molecule has 0 aliphatic rings. The van der Waals surface area contributed by atoms with Gasteiger partial charge in [-0.2, -0.15) is 0 Å². The van der Waals surface area contributed by atoms with Crippen LogP contribution in [0, 0.1) is 0 Å². The van der Waals surface area contributed by atoms with Crippen LogP contribution in [-0.2, 0) is 0 Å². The molecule has 2 aromatic rings. The average Bonchev–Trinajstić information content (AvgIpc) is 2.45. The van der Waals surface area contributed by atoms with Gasteiger partial charge in [0.05, 0.1) is 0 Å². The summed E-state index contributed by atoms with van der Waals surface area (Å²) in [6.07, 6.45) is 1.65. The Labute approximate surface area is 72.6 Å². The molecular formula is C7H5NOS2. The first-order valence-electron chi connectivity index (χ1n) is 3.07. The highest BCUT2D eigenvalue weighted by Crippen LogP contribution is 2.15. The van der Waals surface area contributed by atoms with E-state index >= 15 is 0 Å². The normalized spacial score (nSPS) is 10.6. The molecule has 0 saturated heterocycles. The Morgan fingerprint density at radius 3 is 3.09 bits per heavy atom. The maximum atomic E-state index is 11.3. The Hall–Kier alpha value is -0.740. The lowest BCUT2D eigenvalue weighted by Crippen LogP contribution is -2.09. The monoisotopic (exact) mass is 183 g/mol. The standard InChI is InChI=1S/C7H5NOS2/c9-7-6-5(2-4-11-6)1-3-8(7)10/h1-4,10H. The van der Waals surface area contributed by atoms with E-state index in [2.05, 4.69) is 12.8 Å². The van der Waals surface area contributed by atoms with Crippen LogP contribution in [0.15, 0.2) is 28.5 Å². The van der Waals surface area contributed by atoms with Crippen molar-refractivity contribution in [3.8, 4) is 0 Å². The van der Waals surface area contributed by atoms with Gasteiger partial charge in [0, 0.05) is 6.20 Å². The lowest BCUT2D eigenvalue weighted by atomic mass is 10.3. The van der Waals surface area contributed by atoms with Crippen LogP contribution in [0.4, 0.5) is 0 Å². The van der Waals surface area contributed by atoms with Crippen LogP contribution in [0.1, 0.15) is 0 Å². The van der Waals surface area contributed by atoms with E-state index in [1.54, 1.807) is 6.20 Å². The van der Waals surface area contributed by atoms with E-state index in [1.165, 1.54) is 15.3 Å². The van der Waals surface area contributed by atoms with E-state index in [0.29, 0.717) is 0 Å². The Bertz CT molecular complexity index is 443. The number of nitrogens with zero attached hydrogens (tertiary/aromatic N) is 1. The highest BCUT2D eigenvalue weighted by Gasteiger charge is 1.99. The third-order valence-corrected chi connectivity index (χ3v) is 2.73. The minimum absolute atomic E-state index is 0.0409. The van der Waals surface area contributed by atoms with Gasteiger partial charge in [-0.3, -0.25) is 8.77 Å². The lowest BCUT2D eigenvalue weighted by Gasteiger charge is -1.92. The number of rotatable bonds is 0. The van der Waals surface area contributed by atoms with Gasteiger partial charge in [-0.15, -0.1) is 11.3 Å². The number of thiol groups is 1. The fraction of sp³-hybridized carbons (Fsp3) is 0. The Morgan fingerprint density at radius 2 is 2.27 bits per heavy atom. The summed E-state index contributed by atoms with van der Waals surface area (Å²) in [7, 11) is 0. The molecule has 0 N–H and O–H groups in total. The summed E-state index contributed by atoms with van der Waals surface area (Å²) in [6.45, 7) is 0. The fourth-order valence-corrected chi connectivity index (χ4v) is 2.00. The molecule has 2 rings (SSSR count). The molecule has 0 aliphatic carbocycles. The summed E-state index contributed by atoms with van der Waals surface area (Å²) in [5.41, 5.74) is -0.0409. The van der Waals surface area contributed by atoms with Crippen molar-refractivity contribution in [1.29, 1.82) is 0 Å². The molecule has 2 heterocycles. The van der Waals surface area contributed by atoms with Gasteiger partial charge in [-0.25, -0.2) is 0 Å². The zero-order valence-electron chi connectivity index (χ0n) is 5.52. The van der Waals surface area contributed by atoms with Gasteiger partial charge < -0.3 is 0 Å². The molecule has 56 valence electrons. The molecule has 0 amide bonds. The minimum Gasteiger partial charge on any atom is -0.267 e. The molecule has 0 spiro atoms. The van der Waals surface area contributed by atoms with Crippen LogP contribution in [0.5, 0.6) is 0 Å². The second-order valence-corrected chi connectivity index (χ2v) is 3.52. The molecule has 0 saturated carbocycles. The molecule has 0 bridgehead atoms. The number of hydrogen-bond acceptors (Lipinski definition) is 3. The van der Waals surface area contributed by atoms with Gasteiger partial charge in [-0.1, -0.05) is 12.8 Å². The molecule has 2 aromatic heterocycles. The van der Waals surface area contributed by atoms with Crippen molar-refractivity contribution in [1.82, 2.24) is 3.97 Å². The number of thiophene rings is 1. The summed E-state index contributed by atoms with van der Waals surface area (Å²) in [6, 6.07) is 3.80. The van der Waals surface area contributed by atoms with E-state index in [4.69, 9.17) is 0 Å². The van der Waals surface area contributed by atoms with Crippen molar-refractivity contribution < 1.29 is 0 Å². The Morgan fingerprint density at radius 1 is 1.45 bits per heavy atom. The summed E-state index contributed by atoms with van der Waals surface area (Å²) >= 11 is 5.41. The van der Waals surface area contributed by atoms with Crippen molar-refractivity contribution in [2.75, 3.05) is 0 Å². The predicted octanol–water partition coefficient (Wildman–Crippen LogP) is 1.76. The zero-order valence-corrected chi connectivity index (χ0v) is 7.23. The van der Waals surface area contributed by atoms with E-state index in [-0.39, 0.29) is 5.56 Å². The van der Waals surface area contributed by atoms with E-state index in [9.17, 15) is 4.79 Å². The van der Waals surface area contributed by atoms with Gasteiger partial charge in [0.1, 0.15) is 4.70 Å². The summed E-state index contributed by atoms with van der Waals surface area (Å²) in [5.74, 6) is 0. The average molecular weight is 183 g/mol. The van der Waals surface area contributed by atoms with E-state index in [1.807, 2.05) is 17.5 Å². The first kappa shape index (κ1) is 6.94. The van der Waals surface area contributed by atoms with Gasteiger partial charge >= 0.3 is 0 Å². The molecule has 0 radical (unpaired) electrons. The summed E-state index contributed by atoms with van der Waals surface area (Å²) in [5, 5.41) is 2.89. The molecule has 0 fully saturated rings. The predicted molar refractivity (Wildman–Crippen MR) is 50.5 cm³/mol. The van der Waals surface area contributed by atoms with Crippen molar-refractivity contribution in [3.63, 3.8) is 0 Å². The number of aromatic nitrogens is 1. The van der Waals surface area contributed by atoms with Crippen LogP contribution < -0.4 is 5.56 Å². The molecule has 4 heteroatoms. The SMILES string of the molecule is O=c1c2sccc2ccn1S. The molecule has 0 atom stereocenters. The lowest BCUT2D eigenvalue weighted by molar-refractivity contribution is 1.20. The van der Waals surface area contributed by atoms with Crippen LogP contribution in [0.25, 0.3) is 10.1 Å². The van der Waals surface area contributed by atoms with Crippen molar-refractivity contribution >= 4 is 34.2 Å². The maximum absolute atomic E-state index is 11.3. The van der Waals surface area contributed by atoms with Crippen LogP contribution in [0.2, 0.25) is 0 Å². The quantitative estimate of drug-likeness (QED) is 0.618. The molecule has 0 aromatic carbocycles. The largest absolute Gasteiger partial charge is 0.278 e. The second kappa shape index (κ2) is 2.39. The van der Waals surface area contributed by atoms with Crippen molar-refractivity contribution in [2.24, 2.45) is 0 Å². The molecule has 0 unspecified atom stereocenters. The smallest absolute Gasteiger partial charge is 0.267 e. The Balaban J connectivity index is 3.05. The van der Waals surface area contributed by atoms with E-state index < -0.39 is 0 Å². The van der Waals surface area contributed by atoms with Crippen LogP contribution in [-0.4, -0.2) is 3.97 Å². The van der Waals surface area contributed by atoms with Gasteiger partial charge in [0.25, 0.3) is 5.56 Å². The van der Waals surface area contributed by atoms with Gasteiger partial charge in [-0.05, 0) is 22.9 Å². The fourth-order valence-electron chi connectivity index (χ4n) is 0.947. The summed E-state index contributed by atoms with van der Waals surface area (Å²) in [4.78, 5) is 11.3. The number of hydrogen-bond donors (Lipinski definition) is 1. The van der Waals surface area contributed by atoms with Crippen molar-refractivity contribution in [3.05, 3.63) is 34.1 Å². The third kappa shape index (κ3) is 0.985. The topological polar surface area (TPSA) is 22.0 Å². The first-order valence-corrected chi connectivity index (χ1v) is 4.35. The molecule has 11 heavy (non-hydrogen) atoms.